The molecule has 1 saturated heterocycles. The van der Waals surface area contributed by atoms with E-state index < -0.39 is 27.4 Å². The van der Waals surface area contributed by atoms with Gasteiger partial charge in [0, 0.05) is 0 Å². The lowest BCUT2D eigenvalue weighted by Crippen LogP contribution is -2.34. The first kappa shape index (κ1) is 14.7. The van der Waals surface area contributed by atoms with E-state index in [1.54, 1.807) is 30.3 Å². The average molecular weight is 295 g/mol. The molecule has 0 spiro atoms. The fourth-order valence-corrected chi connectivity index (χ4v) is 3.35. The summed E-state index contributed by atoms with van der Waals surface area (Å²) < 4.78 is 29.1. The highest BCUT2D eigenvalue weighted by atomic mass is 32.2. The normalized spacial score (nSPS) is 20.3. The summed E-state index contributed by atoms with van der Waals surface area (Å²) in [5.74, 6) is -0.745. The van der Waals surface area contributed by atoms with Crippen LogP contribution in [0.5, 0.6) is 0 Å². The number of benzene rings is 1. The molecule has 0 amide bonds. The van der Waals surface area contributed by atoms with E-state index in [4.69, 9.17) is 4.18 Å². The predicted octanol–water partition coefficient (Wildman–Crippen LogP) is 1.54. The number of hydrogen-bond donors (Lipinski definition) is 1. The van der Waals surface area contributed by atoms with Gasteiger partial charge in [0.05, 0.1) is 0 Å². The van der Waals surface area contributed by atoms with Gasteiger partial charge in [0.1, 0.15) is 11.3 Å². The number of hydrogen-bond acceptors (Lipinski definition) is 5. The zero-order chi connectivity index (χ0) is 14.6. The van der Waals surface area contributed by atoms with Crippen LogP contribution in [0.25, 0.3) is 0 Å². The lowest BCUT2D eigenvalue weighted by molar-refractivity contribution is -0.135. The molecule has 1 unspecified atom stereocenters. The van der Waals surface area contributed by atoms with Crippen LogP contribution in [0.4, 0.5) is 0 Å². The molecule has 0 aliphatic carbocycles. The summed E-state index contributed by atoms with van der Waals surface area (Å²) in [6.45, 7) is 4.22. The SMILES string of the molecule is C=CC(c1ccccc1)S(=O)(=O)OC(=O)[C@@H]1CCCN1. The first-order chi connectivity index (χ1) is 9.54. The molecule has 1 N–H and O–H groups in total. The molecule has 5 nitrogen and oxygen atoms in total. The van der Waals surface area contributed by atoms with Crippen molar-refractivity contribution in [2.24, 2.45) is 0 Å². The summed E-state index contributed by atoms with van der Waals surface area (Å²) in [5, 5.41) is 1.86. The zero-order valence-corrected chi connectivity index (χ0v) is 11.8. The largest absolute Gasteiger partial charge is 0.343 e. The zero-order valence-electron chi connectivity index (χ0n) is 11.0. The maximum atomic E-state index is 12.2. The van der Waals surface area contributed by atoms with Crippen molar-refractivity contribution in [3.8, 4) is 0 Å². The van der Waals surface area contributed by atoms with Crippen molar-refractivity contribution in [2.45, 2.75) is 24.1 Å². The van der Waals surface area contributed by atoms with Gasteiger partial charge in [-0.2, -0.15) is 8.42 Å². The van der Waals surface area contributed by atoms with Gasteiger partial charge in [0.2, 0.25) is 0 Å². The van der Waals surface area contributed by atoms with Gasteiger partial charge < -0.3 is 9.50 Å². The van der Waals surface area contributed by atoms with Crippen LogP contribution in [0.15, 0.2) is 43.0 Å². The molecule has 1 fully saturated rings. The monoisotopic (exact) mass is 295 g/mol. The van der Waals surface area contributed by atoms with Gasteiger partial charge in [-0.05, 0) is 24.9 Å². The Hall–Kier alpha value is -1.66. The van der Waals surface area contributed by atoms with Gasteiger partial charge in [-0.15, -0.1) is 6.58 Å². The predicted molar refractivity (Wildman–Crippen MR) is 75.4 cm³/mol. The van der Waals surface area contributed by atoms with Crippen LogP contribution in [0.1, 0.15) is 23.7 Å². The highest BCUT2D eigenvalue weighted by Gasteiger charge is 2.32. The summed E-state index contributed by atoms with van der Waals surface area (Å²) in [5.41, 5.74) is 0.523. The number of rotatable bonds is 5. The molecule has 2 atom stereocenters. The Labute approximate surface area is 118 Å². The summed E-state index contributed by atoms with van der Waals surface area (Å²) >= 11 is 0. The molecule has 0 radical (unpaired) electrons. The van der Waals surface area contributed by atoms with E-state index in [0.717, 1.165) is 6.42 Å². The lowest BCUT2D eigenvalue weighted by atomic mass is 10.1. The molecule has 1 aromatic rings. The quantitative estimate of drug-likeness (QED) is 0.659. The third-order valence-electron chi connectivity index (χ3n) is 3.20. The van der Waals surface area contributed by atoms with Crippen LogP contribution in [-0.2, 0) is 19.1 Å². The van der Waals surface area contributed by atoms with Crippen molar-refractivity contribution in [2.75, 3.05) is 6.54 Å². The minimum Gasteiger partial charge on any atom is -0.343 e. The second-order valence-corrected chi connectivity index (χ2v) is 6.27. The van der Waals surface area contributed by atoms with Crippen LogP contribution in [0.3, 0.4) is 0 Å². The van der Waals surface area contributed by atoms with Crippen LogP contribution >= 0.6 is 0 Å². The molecule has 0 aromatic heterocycles. The molecule has 20 heavy (non-hydrogen) atoms. The number of carbonyl (C=O) groups is 1. The third-order valence-corrected chi connectivity index (χ3v) is 4.68. The minimum absolute atomic E-state index is 0.523. The van der Waals surface area contributed by atoms with Crippen LogP contribution in [0.2, 0.25) is 0 Å². The van der Waals surface area contributed by atoms with Gasteiger partial charge >= 0.3 is 16.1 Å². The van der Waals surface area contributed by atoms with Crippen molar-refractivity contribution in [1.82, 2.24) is 5.32 Å². The van der Waals surface area contributed by atoms with Crippen molar-refractivity contribution in [3.05, 3.63) is 48.6 Å². The van der Waals surface area contributed by atoms with E-state index in [1.165, 1.54) is 6.08 Å². The van der Waals surface area contributed by atoms with E-state index in [0.29, 0.717) is 18.5 Å². The van der Waals surface area contributed by atoms with E-state index in [1.807, 2.05) is 0 Å². The van der Waals surface area contributed by atoms with Crippen LogP contribution in [-0.4, -0.2) is 27.0 Å². The maximum Gasteiger partial charge on any atom is 0.339 e. The van der Waals surface area contributed by atoms with E-state index >= 15 is 0 Å². The Morgan fingerprint density at radius 1 is 1.40 bits per heavy atom. The molecule has 1 aliphatic rings. The van der Waals surface area contributed by atoms with Gasteiger partial charge in [-0.1, -0.05) is 36.4 Å². The van der Waals surface area contributed by atoms with Crippen molar-refractivity contribution in [3.63, 3.8) is 0 Å². The van der Waals surface area contributed by atoms with Gasteiger partial charge in [0.15, 0.2) is 0 Å². The minimum atomic E-state index is -4.07. The molecule has 6 heteroatoms. The average Bonchev–Trinajstić information content (AvgIpc) is 2.94. The van der Waals surface area contributed by atoms with Crippen molar-refractivity contribution >= 4 is 16.1 Å². The second kappa shape index (κ2) is 6.19. The molecule has 1 heterocycles. The standard InChI is InChI=1S/C14H17NO4S/c1-2-13(11-7-4-3-5-8-11)20(17,18)19-14(16)12-9-6-10-15-12/h2-5,7-8,12-13,15H,1,6,9-10H2/t12-,13?/m0/s1. The van der Waals surface area contributed by atoms with Crippen molar-refractivity contribution < 1.29 is 17.4 Å². The Morgan fingerprint density at radius 2 is 2.10 bits per heavy atom. The Balaban J connectivity index is 2.15. The van der Waals surface area contributed by atoms with Crippen LogP contribution < -0.4 is 5.32 Å². The number of carbonyl (C=O) groups excluding carboxylic acids is 1. The molecule has 2 rings (SSSR count). The maximum absolute atomic E-state index is 12.2. The molecule has 0 bridgehead atoms. The van der Waals surface area contributed by atoms with Gasteiger partial charge in [-0.3, -0.25) is 0 Å². The fourth-order valence-electron chi connectivity index (χ4n) is 2.17. The van der Waals surface area contributed by atoms with Crippen LogP contribution in [0, 0.1) is 0 Å². The summed E-state index contributed by atoms with van der Waals surface area (Å²) in [6.07, 6.45) is 2.70. The molecule has 0 saturated carbocycles. The first-order valence-electron chi connectivity index (χ1n) is 6.42. The highest BCUT2D eigenvalue weighted by Crippen LogP contribution is 2.25. The highest BCUT2D eigenvalue weighted by molar-refractivity contribution is 7.87. The molecule has 1 aromatic carbocycles. The Bertz CT molecular complexity index is 576. The Kier molecular flexibility index (Phi) is 4.57. The van der Waals surface area contributed by atoms with E-state index in [2.05, 4.69) is 11.9 Å². The lowest BCUT2D eigenvalue weighted by Gasteiger charge is -2.15. The van der Waals surface area contributed by atoms with E-state index in [-0.39, 0.29) is 0 Å². The van der Waals surface area contributed by atoms with Gasteiger partial charge in [-0.25, -0.2) is 4.79 Å². The topological polar surface area (TPSA) is 72.5 Å². The van der Waals surface area contributed by atoms with Crippen molar-refractivity contribution in [1.29, 1.82) is 0 Å². The molecular formula is C14H17NO4S. The smallest absolute Gasteiger partial charge is 0.339 e. The molecule has 108 valence electrons. The van der Waals surface area contributed by atoms with E-state index in [9.17, 15) is 13.2 Å². The molecule has 1 aliphatic heterocycles. The molecular weight excluding hydrogens is 278 g/mol. The summed E-state index contributed by atoms with van der Waals surface area (Å²) in [6, 6.07) is 8.01. The fraction of sp³-hybridized carbons (Fsp3) is 0.357. The Morgan fingerprint density at radius 3 is 2.65 bits per heavy atom. The first-order valence-corrected chi connectivity index (χ1v) is 7.90. The second-order valence-electron chi connectivity index (χ2n) is 4.61. The number of nitrogens with one attached hydrogen (secondary N) is 1. The summed E-state index contributed by atoms with van der Waals surface area (Å²) in [7, 11) is -4.07. The van der Waals surface area contributed by atoms with Gasteiger partial charge in [0.25, 0.3) is 0 Å². The summed E-state index contributed by atoms with van der Waals surface area (Å²) in [4.78, 5) is 11.8. The third kappa shape index (κ3) is 3.26.